The van der Waals surface area contributed by atoms with Crippen molar-refractivity contribution in [1.29, 1.82) is 0 Å². The van der Waals surface area contributed by atoms with Gasteiger partial charge in [0.05, 0.1) is 7.11 Å². The fraction of sp³-hybridized carbons (Fsp3) is 0.364. The van der Waals surface area contributed by atoms with Crippen LogP contribution in [0, 0.1) is 0 Å². The Balaban J connectivity index is 4.72. The van der Waals surface area contributed by atoms with Crippen molar-refractivity contribution in [2.24, 2.45) is 4.99 Å². The highest BCUT2D eigenvalue weighted by atomic mass is 32.2. The van der Waals surface area contributed by atoms with E-state index in [0.29, 0.717) is 13.1 Å². The highest BCUT2D eigenvalue weighted by Crippen LogP contribution is 1.95. The highest BCUT2D eigenvalue weighted by molar-refractivity contribution is 7.97. The first kappa shape index (κ1) is 17.0. The molecule has 7 nitrogen and oxygen atoms in total. The quantitative estimate of drug-likeness (QED) is 0.346. The van der Waals surface area contributed by atoms with Crippen LogP contribution in [0.1, 0.15) is 0 Å². The zero-order valence-electron chi connectivity index (χ0n) is 11.0. The van der Waals surface area contributed by atoms with Gasteiger partial charge < -0.3 is 9.64 Å². The van der Waals surface area contributed by atoms with Crippen LogP contribution in [0.25, 0.3) is 0 Å². The van der Waals surface area contributed by atoms with E-state index in [-0.39, 0.29) is 6.02 Å². The summed E-state index contributed by atoms with van der Waals surface area (Å²) < 4.78 is 7.23. The maximum atomic E-state index is 11.8. The Morgan fingerprint density at radius 3 is 2.37 bits per heavy atom. The molecule has 19 heavy (non-hydrogen) atoms. The molecular formula is C11H18N4O3S. The normalized spacial score (nSPS) is 10.3. The van der Waals surface area contributed by atoms with Crippen molar-refractivity contribution < 1.29 is 14.3 Å². The highest BCUT2D eigenvalue weighted by Gasteiger charge is 2.13. The van der Waals surface area contributed by atoms with Gasteiger partial charge in [0.1, 0.15) is 0 Å². The molecule has 0 aliphatic carbocycles. The van der Waals surface area contributed by atoms with Crippen LogP contribution in [0.4, 0.5) is 9.59 Å². The van der Waals surface area contributed by atoms with Gasteiger partial charge in [-0.25, -0.2) is 9.59 Å². The van der Waals surface area contributed by atoms with E-state index in [1.54, 1.807) is 18.4 Å². The van der Waals surface area contributed by atoms with E-state index in [4.69, 9.17) is 4.74 Å². The van der Waals surface area contributed by atoms with Gasteiger partial charge in [-0.05, 0) is 0 Å². The van der Waals surface area contributed by atoms with E-state index in [0.717, 1.165) is 11.9 Å². The van der Waals surface area contributed by atoms with Gasteiger partial charge in [0.15, 0.2) is 0 Å². The van der Waals surface area contributed by atoms with Crippen molar-refractivity contribution >= 4 is 30.0 Å². The van der Waals surface area contributed by atoms with Crippen LogP contribution in [-0.4, -0.2) is 49.4 Å². The Kier molecular flexibility index (Phi) is 8.98. The molecule has 4 amide bonds. The Morgan fingerprint density at radius 2 is 1.95 bits per heavy atom. The van der Waals surface area contributed by atoms with Crippen molar-refractivity contribution in [3.05, 3.63) is 25.3 Å². The van der Waals surface area contributed by atoms with Crippen molar-refractivity contribution in [2.75, 3.05) is 26.5 Å². The third kappa shape index (κ3) is 7.14. The average Bonchev–Trinajstić information content (AvgIpc) is 2.37. The number of nitrogens with zero attached hydrogens (tertiary/aromatic N) is 2. The number of ether oxygens (including phenoxy) is 1. The number of nitrogens with one attached hydrogen (secondary N) is 2. The van der Waals surface area contributed by atoms with Crippen LogP contribution in [0.5, 0.6) is 0 Å². The summed E-state index contributed by atoms with van der Waals surface area (Å²) in [6, 6.07) is -1.27. The molecule has 0 rings (SSSR count). The van der Waals surface area contributed by atoms with Gasteiger partial charge in [0.25, 0.3) is 0 Å². The molecule has 0 aromatic rings. The fourth-order valence-electron chi connectivity index (χ4n) is 1.04. The number of amides is 4. The second kappa shape index (κ2) is 10.0. The summed E-state index contributed by atoms with van der Waals surface area (Å²) >= 11 is 1.11. The summed E-state index contributed by atoms with van der Waals surface area (Å²) in [4.78, 5) is 28.1. The summed E-state index contributed by atoms with van der Waals surface area (Å²) in [5.74, 6) is 0. The predicted octanol–water partition coefficient (Wildman–Crippen LogP) is 1.36. The maximum absolute atomic E-state index is 11.8. The number of methoxy groups -OCH3 is 1. The van der Waals surface area contributed by atoms with Gasteiger partial charge in [-0.1, -0.05) is 24.1 Å². The second-order valence-corrected chi connectivity index (χ2v) is 3.76. The number of hydrogen-bond acceptors (Lipinski definition) is 4. The van der Waals surface area contributed by atoms with Crippen LogP contribution in [-0.2, 0) is 4.74 Å². The zero-order valence-corrected chi connectivity index (χ0v) is 11.8. The third-order valence-corrected chi connectivity index (χ3v) is 2.16. The molecule has 0 aliphatic rings. The SMILES string of the molecule is C=CCN(CC=C)C(=O)N=C(NC(=O)NSC)OC. The van der Waals surface area contributed by atoms with Gasteiger partial charge in [-0.3, -0.25) is 10.0 Å². The summed E-state index contributed by atoms with van der Waals surface area (Å²) in [7, 11) is 1.30. The predicted molar refractivity (Wildman–Crippen MR) is 77.0 cm³/mol. The summed E-state index contributed by atoms with van der Waals surface area (Å²) in [6.07, 6.45) is 4.82. The molecule has 0 heterocycles. The fourth-order valence-corrected chi connectivity index (χ4v) is 1.28. The summed E-state index contributed by atoms with van der Waals surface area (Å²) in [6.45, 7) is 7.74. The van der Waals surface area contributed by atoms with Crippen LogP contribution in [0.3, 0.4) is 0 Å². The number of hydrogen-bond donors (Lipinski definition) is 2. The average molecular weight is 286 g/mol. The molecule has 106 valence electrons. The number of urea groups is 2. The van der Waals surface area contributed by atoms with E-state index in [9.17, 15) is 9.59 Å². The molecule has 0 aromatic carbocycles. The number of rotatable bonds is 5. The van der Waals surface area contributed by atoms with Crippen molar-refractivity contribution in [3.8, 4) is 0 Å². The lowest BCUT2D eigenvalue weighted by Crippen LogP contribution is -2.39. The number of aliphatic imine (C=N–C) groups is 1. The lowest BCUT2D eigenvalue weighted by Gasteiger charge is -2.16. The molecule has 0 saturated carbocycles. The van der Waals surface area contributed by atoms with Crippen LogP contribution >= 0.6 is 11.9 Å². The molecule has 0 aliphatic heterocycles. The Bertz CT molecular complexity index is 361. The molecule has 8 heteroatoms. The molecule has 2 N–H and O–H groups in total. The Hall–Kier alpha value is -1.96. The first-order valence-corrected chi connectivity index (χ1v) is 6.54. The van der Waals surface area contributed by atoms with Gasteiger partial charge in [0.2, 0.25) is 0 Å². The first-order chi connectivity index (χ1) is 9.08. The van der Waals surface area contributed by atoms with Gasteiger partial charge >= 0.3 is 18.1 Å². The van der Waals surface area contributed by atoms with E-state index >= 15 is 0 Å². The lowest BCUT2D eigenvalue weighted by molar-refractivity contribution is 0.217. The second-order valence-electron chi connectivity index (χ2n) is 3.15. The van der Waals surface area contributed by atoms with E-state index in [2.05, 4.69) is 28.2 Å². The smallest absolute Gasteiger partial charge is 0.348 e. The molecule has 0 aromatic heterocycles. The third-order valence-electron chi connectivity index (χ3n) is 1.78. The van der Waals surface area contributed by atoms with Crippen LogP contribution in [0.15, 0.2) is 30.3 Å². The molecule has 0 unspecified atom stereocenters. The minimum Gasteiger partial charge on any atom is -0.468 e. The molecule has 0 atom stereocenters. The van der Waals surface area contributed by atoms with Crippen LogP contribution < -0.4 is 10.0 Å². The minimum absolute atomic E-state index is 0.185. The largest absolute Gasteiger partial charge is 0.468 e. The van der Waals surface area contributed by atoms with Crippen molar-refractivity contribution in [1.82, 2.24) is 14.9 Å². The van der Waals surface area contributed by atoms with Gasteiger partial charge in [-0.2, -0.15) is 0 Å². The van der Waals surface area contributed by atoms with Crippen molar-refractivity contribution in [3.63, 3.8) is 0 Å². The van der Waals surface area contributed by atoms with Crippen LogP contribution in [0.2, 0.25) is 0 Å². The monoisotopic (exact) mass is 286 g/mol. The van der Waals surface area contributed by atoms with E-state index in [1.807, 2.05) is 0 Å². The molecular weight excluding hydrogens is 268 g/mol. The maximum Gasteiger partial charge on any atom is 0.348 e. The standard InChI is InChI=1S/C11H18N4O3S/c1-5-7-15(8-6-2)11(17)13-10(18-3)12-9(16)14-19-4/h5-6H,1-2,7-8H2,3-4H3,(H2,12,13,14,16,17). The number of carbonyl (C=O) groups excluding carboxylic acids is 2. The van der Waals surface area contributed by atoms with Crippen molar-refractivity contribution in [2.45, 2.75) is 0 Å². The Morgan fingerprint density at radius 1 is 1.37 bits per heavy atom. The molecule has 0 fully saturated rings. The summed E-state index contributed by atoms with van der Waals surface area (Å²) in [5, 5.41) is 2.30. The van der Waals surface area contributed by atoms with E-state index in [1.165, 1.54) is 12.0 Å². The van der Waals surface area contributed by atoms with E-state index < -0.39 is 12.1 Å². The number of amidine groups is 1. The van der Waals surface area contributed by atoms with Gasteiger partial charge in [0, 0.05) is 19.3 Å². The van der Waals surface area contributed by atoms with Gasteiger partial charge in [-0.15, -0.1) is 18.2 Å². The first-order valence-electron chi connectivity index (χ1n) is 5.32. The minimum atomic E-state index is -0.555. The lowest BCUT2D eigenvalue weighted by atomic mass is 10.5. The molecule has 0 spiro atoms. The molecule has 0 bridgehead atoms. The molecule has 0 saturated heterocycles. The summed E-state index contributed by atoms with van der Waals surface area (Å²) in [5.41, 5.74) is 0. The number of carbonyl (C=O) groups is 2. The topological polar surface area (TPSA) is 83.0 Å². The zero-order chi connectivity index (χ0) is 14.7. The Labute approximate surface area is 116 Å². The molecule has 0 radical (unpaired) electrons.